The molecule has 2 amide bonds. The van der Waals surface area contributed by atoms with Crippen LogP contribution >= 0.6 is 11.6 Å². The summed E-state index contributed by atoms with van der Waals surface area (Å²) in [4.78, 5) is 60.9. The summed E-state index contributed by atoms with van der Waals surface area (Å²) in [7, 11) is 0. The number of hydrogen-bond donors (Lipinski definition) is 7. The highest BCUT2D eigenvalue weighted by Crippen LogP contribution is 2.58. The zero-order valence-corrected chi connectivity index (χ0v) is 47.3. The molecule has 0 aromatic heterocycles. The van der Waals surface area contributed by atoms with E-state index in [4.69, 9.17) is 44.8 Å². The summed E-state index contributed by atoms with van der Waals surface area (Å²) in [6, 6.07) is -0.255. The lowest BCUT2D eigenvalue weighted by Gasteiger charge is -2.50. The minimum Gasteiger partial charge on any atom is -0.462 e. The van der Waals surface area contributed by atoms with Gasteiger partial charge in [-0.15, -0.1) is 11.6 Å². The van der Waals surface area contributed by atoms with E-state index in [2.05, 4.69) is 23.6 Å². The second kappa shape index (κ2) is 27.3. The van der Waals surface area contributed by atoms with Crippen LogP contribution in [0.5, 0.6) is 0 Å². The first-order valence-corrected chi connectivity index (χ1v) is 27.4. The molecule has 0 bridgehead atoms. The van der Waals surface area contributed by atoms with Crippen molar-refractivity contribution < 1.29 is 82.7 Å². The van der Waals surface area contributed by atoms with Crippen LogP contribution in [0.1, 0.15) is 128 Å². The molecule has 1 spiro atoms. The van der Waals surface area contributed by atoms with Gasteiger partial charge in [-0.2, -0.15) is 0 Å². The Kier molecular flexibility index (Phi) is 22.5. The number of nitrogens with one attached hydrogen (secondary N) is 2. The SMILES string of the molecule is CC(=O)OC(C)/C=C\C(=O)NC1CC12C[C@H](C)C(C/C=C(C)/C=C/C1CC(O)(CCl)CC(CC(=O)OCC3(O)C(O)C(/C=C/C(C)=C/C[C@@H]4O[C@H](C)[C@H](NC(=O)/C=C\[C@H](C)OC(C)=O)C[C@@H]4C)OC(C)(O)C3O)O1)O[C@@H]2C. The third-order valence-corrected chi connectivity index (χ3v) is 16.1. The van der Waals surface area contributed by atoms with E-state index < -0.39 is 84.2 Å². The Morgan fingerprint density at radius 3 is 1.90 bits per heavy atom. The van der Waals surface area contributed by atoms with E-state index in [0.29, 0.717) is 19.3 Å². The lowest BCUT2D eigenvalue weighted by atomic mass is 9.80. The lowest BCUT2D eigenvalue weighted by Crippen LogP contribution is -2.72. The molecule has 12 unspecified atom stereocenters. The van der Waals surface area contributed by atoms with Crippen LogP contribution in [-0.4, -0.2) is 164 Å². The number of esters is 3. The van der Waals surface area contributed by atoms with Gasteiger partial charge in [0, 0.05) is 50.3 Å². The van der Waals surface area contributed by atoms with Crippen molar-refractivity contribution in [3.05, 3.63) is 71.9 Å². The first-order chi connectivity index (χ1) is 36.0. The number of carbonyl (C=O) groups excluding carboxylic acids is 5. The first-order valence-electron chi connectivity index (χ1n) is 26.9. The maximum atomic E-state index is 13.4. The van der Waals surface area contributed by atoms with Crippen molar-refractivity contribution in [3.8, 4) is 0 Å². The summed E-state index contributed by atoms with van der Waals surface area (Å²) in [6.07, 6.45) is 11.4. The van der Waals surface area contributed by atoms with Crippen molar-refractivity contribution >= 4 is 41.3 Å². The molecular weight excluding hydrogens is 1020 g/mol. The summed E-state index contributed by atoms with van der Waals surface area (Å²) < 4.78 is 40.2. The van der Waals surface area contributed by atoms with Gasteiger partial charge in [0.05, 0.1) is 60.6 Å². The Bertz CT molecular complexity index is 2260. The maximum absolute atomic E-state index is 13.4. The van der Waals surface area contributed by atoms with Crippen molar-refractivity contribution in [2.75, 3.05) is 12.5 Å². The molecule has 19 nitrogen and oxygen atoms in total. The fraction of sp³-hybridized carbons (Fsp3) is 0.702. The van der Waals surface area contributed by atoms with Crippen LogP contribution in [0.25, 0.3) is 0 Å². The Balaban J connectivity index is 1.10. The van der Waals surface area contributed by atoms with Crippen LogP contribution in [0, 0.1) is 17.3 Å². The van der Waals surface area contributed by atoms with Crippen LogP contribution in [-0.2, 0) is 57.1 Å². The number of rotatable bonds is 21. The molecule has 432 valence electrons. The molecule has 4 saturated heterocycles. The Labute approximate surface area is 458 Å². The summed E-state index contributed by atoms with van der Waals surface area (Å²) in [5.41, 5.74) is -2.43. The van der Waals surface area contributed by atoms with E-state index in [0.717, 1.165) is 30.9 Å². The molecule has 4 aliphatic heterocycles. The number of aliphatic hydroxyl groups is 5. The van der Waals surface area contributed by atoms with E-state index in [1.165, 1.54) is 38.2 Å². The van der Waals surface area contributed by atoms with Crippen molar-refractivity contribution in [2.45, 2.75) is 224 Å². The van der Waals surface area contributed by atoms with Gasteiger partial charge in [-0.05, 0) is 105 Å². The second-order valence-electron chi connectivity index (χ2n) is 22.5. The minimum atomic E-state index is -2.57. The van der Waals surface area contributed by atoms with E-state index in [-0.39, 0.29) is 90.7 Å². The topological polar surface area (TPSA) is 275 Å². The number of amides is 2. The lowest BCUT2D eigenvalue weighted by molar-refractivity contribution is -0.362. The molecule has 0 radical (unpaired) electrons. The average molecular weight is 1110 g/mol. The maximum Gasteiger partial charge on any atom is 0.308 e. The second-order valence-corrected chi connectivity index (χ2v) is 22.8. The van der Waals surface area contributed by atoms with E-state index in [9.17, 15) is 49.5 Å². The molecular formula is C57H85ClN2O17. The Morgan fingerprint density at radius 1 is 0.740 bits per heavy atom. The predicted octanol–water partition coefficient (Wildman–Crippen LogP) is 4.78. The largest absolute Gasteiger partial charge is 0.462 e. The van der Waals surface area contributed by atoms with Crippen LogP contribution in [0.2, 0.25) is 0 Å². The molecule has 1 saturated carbocycles. The molecule has 5 rings (SSSR count). The first kappa shape index (κ1) is 63.6. The van der Waals surface area contributed by atoms with Gasteiger partial charge in [0.2, 0.25) is 11.8 Å². The van der Waals surface area contributed by atoms with Gasteiger partial charge >= 0.3 is 17.9 Å². The number of allylic oxidation sites excluding steroid dienone is 4. The van der Waals surface area contributed by atoms with Crippen LogP contribution in [0.3, 0.4) is 0 Å². The van der Waals surface area contributed by atoms with Crippen LogP contribution < -0.4 is 10.6 Å². The zero-order valence-electron chi connectivity index (χ0n) is 46.5. The monoisotopic (exact) mass is 1100 g/mol. The van der Waals surface area contributed by atoms with Crippen LogP contribution in [0.15, 0.2) is 71.9 Å². The molecule has 1 aliphatic carbocycles. The fourth-order valence-electron chi connectivity index (χ4n) is 11.0. The summed E-state index contributed by atoms with van der Waals surface area (Å²) >= 11 is 6.25. The highest BCUT2D eigenvalue weighted by molar-refractivity contribution is 6.18. The normalized spacial score (nSPS) is 38.7. The van der Waals surface area contributed by atoms with Gasteiger partial charge in [0.15, 0.2) is 11.4 Å². The van der Waals surface area contributed by atoms with Crippen molar-refractivity contribution in [2.24, 2.45) is 17.3 Å². The molecule has 77 heavy (non-hydrogen) atoms. The number of carbonyl (C=O) groups is 5. The highest BCUT2D eigenvalue weighted by Gasteiger charge is 2.62. The summed E-state index contributed by atoms with van der Waals surface area (Å²) in [5, 5.41) is 62.7. The smallest absolute Gasteiger partial charge is 0.308 e. The Morgan fingerprint density at radius 2 is 1.31 bits per heavy atom. The van der Waals surface area contributed by atoms with Crippen molar-refractivity contribution in [3.63, 3.8) is 0 Å². The van der Waals surface area contributed by atoms with E-state index in [1.54, 1.807) is 32.1 Å². The third-order valence-electron chi connectivity index (χ3n) is 15.6. The number of hydrogen-bond acceptors (Lipinski definition) is 17. The highest BCUT2D eigenvalue weighted by atomic mass is 35.5. The molecule has 4 heterocycles. The predicted molar refractivity (Wildman–Crippen MR) is 285 cm³/mol. The third kappa shape index (κ3) is 17.9. The molecule has 5 fully saturated rings. The van der Waals surface area contributed by atoms with Gasteiger partial charge in [0.1, 0.15) is 37.1 Å². The fourth-order valence-corrected chi connectivity index (χ4v) is 11.2. The molecule has 20 heteroatoms. The minimum absolute atomic E-state index is 0.0117. The number of alkyl halides is 1. The van der Waals surface area contributed by atoms with Gasteiger partial charge in [-0.1, -0.05) is 61.4 Å². The molecule has 0 aromatic carbocycles. The zero-order chi connectivity index (χ0) is 57.2. The van der Waals surface area contributed by atoms with Gasteiger partial charge in [0.25, 0.3) is 0 Å². The summed E-state index contributed by atoms with van der Waals surface area (Å²) in [5.74, 6) is -4.50. The molecule has 5 aliphatic rings. The van der Waals surface area contributed by atoms with Gasteiger partial charge < -0.3 is 69.3 Å². The van der Waals surface area contributed by atoms with E-state index >= 15 is 0 Å². The van der Waals surface area contributed by atoms with Crippen molar-refractivity contribution in [1.29, 1.82) is 0 Å². The molecule has 0 aromatic rings. The molecule has 7 N–H and O–H groups in total. The Hall–Kier alpha value is -4.28. The number of halogens is 1. The number of ether oxygens (including phenoxy) is 7. The average Bonchev–Trinajstić information content (AvgIpc) is 4.04. The standard InChI is InChI=1S/C57H85ClN2O17/c1-32(14-20-46-35(4)26-56(39(8)75-46)29-48(56)60-50(64)23-17-37(6)73-41(10)62)12-18-42-27-55(69,30-58)28-43(76-42)25-51(65)71-31-57(70)52(66)47(77-54(11,68)53(57)67)21-15-33(2)13-19-45-34(3)24-44(38(7)74-45)59-49(63)22-16-36(5)72-40(9)61/h12-18,21-23,34-39,42-48,52-53,66-70H,19-20,24-31H2,1-11H3,(H,59,63)(H,60,64)/b18-12+,21-15+,22-16-,23-17-,32-14+,33-13+/t34-,35-,36-,37?,38+,39+,42?,43?,44+,45-,46?,47?,48?,52?,53?,54?,55?,56?,57?/m0/s1. The van der Waals surface area contributed by atoms with Gasteiger partial charge in [-0.3, -0.25) is 24.0 Å². The van der Waals surface area contributed by atoms with Crippen molar-refractivity contribution in [1.82, 2.24) is 10.6 Å². The van der Waals surface area contributed by atoms with Crippen LogP contribution in [0.4, 0.5) is 0 Å². The quantitative estimate of drug-likeness (QED) is 0.0268. The molecule has 19 atom stereocenters. The van der Waals surface area contributed by atoms with E-state index in [1.807, 2.05) is 46.8 Å². The summed E-state index contributed by atoms with van der Waals surface area (Å²) in [6.45, 7) is 18.0. The number of aliphatic hydroxyl groups excluding tert-OH is 2. The van der Waals surface area contributed by atoms with Gasteiger partial charge in [-0.25, -0.2) is 0 Å².